The number of amides is 3. The van der Waals surface area contributed by atoms with Crippen LogP contribution in [0.4, 0.5) is 9.59 Å². The third-order valence-electron chi connectivity index (χ3n) is 5.00. The van der Waals surface area contributed by atoms with Crippen LogP contribution in [0, 0.1) is 0 Å². The summed E-state index contributed by atoms with van der Waals surface area (Å²) in [5.74, 6) is 1.28. The highest BCUT2D eigenvalue weighted by molar-refractivity contribution is 5.82. The molecule has 2 N–H and O–H groups in total. The number of carbonyl (C=O) groups is 3. The van der Waals surface area contributed by atoms with Gasteiger partial charge in [0.2, 0.25) is 12.7 Å². The molecule has 10 heteroatoms. The third kappa shape index (κ3) is 13.6. The molecule has 1 aromatic carbocycles. The van der Waals surface area contributed by atoms with Crippen LogP contribution in [-0.2, 0) is 20.7 Å². The molecule has 0 aromatic heterocycles. The number of carbonyl (C=O) groups excluding carboxylic acids is 3. The standard InChI is InChI=1S/C18H26N2O5.C9H19NO2/c1-12(8-13-6-7-14-15(9-13)24-11-23-14)20(5)16(21)10-19-17(22)25-18(2,3)4;1-5-6-7-10-8(11)12-9(2,3)4/h6-7,9,12H,8,10-11H2,1-5H3,(H,19,22);5-7H2,1-4H3,(H,10,11). The molecule has 0 aliphatic carbocycles. The van der Waals surface area contributed by atoms with Crippen LogP contribution in [0.3, 0.4) is 0 Å². The van der Waals surface area contributed by atoms with Gasteiger partial charge in [-0.15, -0.1) is 0 Å². The number of rotatable bonds is 8. The van der Waals surface area contributed by atoms with Crippen molar-refractivity contribution in [3.63, 3.8) is 0 Å². The van der Waals surface area contributed by atoms with Crippen LogP contribution in [0.25, 0.3) is 0 Å². The number of benzene rings is 1. The molecule has 0 spiro atoms. The van der Waals surface area contributed by atoms with Gasteiger partial charge in [0.15, 0.2) is 11.5 Å². The zero-order valence-electron chi connectivity index (χ0n) is 23.9. The van der Waals surface area contributed by atoms with Crippen molar-refractivity contribution in [3.8, 4) is 11.5 Å². The summed E-state index contributed by atoms with van der Waals surface area (Å²) in [6, 6.07) is 5.72. The lowest BCUT2D eigenvalue weighted by Gasteiger charge is -2.26. The molecule has 1 aliphatic rings. The van der Waals surface area contributed by atoms with Crippen LogP contribution in [0.15, 0.2) is 18.2 Å². The van der Waals surface area contributed by atoms with Gasteiger partial charge in [-0.05, 0) is 79.0 Å². The Morgan fingerprint density at radius 1 is 0.973 bits per heavy atom. The van der Waals surface area contributed by atoms with Crippen molar-refractivity contribution >= 4 is 18.1 Å². The highest BCUT2D eigenvalue weighted by atomic mass is 16.7. The van der Waals surface area contributed by atoms with Crippen molar-refractivity contribution in [1.82, 2.24) is 15.5 Å². The zero-order valence-corrected chi connectivity index (χ0v) is 23.9. The van der Waals surface area contributed by atoms with Gasteiger partial charge in [-0.25, -0.2) is 9.59 Å². The molecule has 1 unspecified atom stereocenters. The largest absolute Gasteiger partial charge is 0.454 e. The van der Waals surface area contributed by atoms with E-state index in [-0.39, 0.29) is 31.4 Å². The minimum atomic E-state index is -0.599. The summed E-state index contributed by atoms with van der Waals surface area (Å²) in [5, 5.41) is 5.16. The van der Waals surface area contributed by atoms with E-state index in [1.54, 1.807) is 32.7 Å². The minimum absolute atomic E-state index is 0.0340. The molecular weight excluding hydrogens is 478 g/mol. The van der Waals surface area contributed by atoms with Crippen LogP contribution < -0.4 is 20.1 Å². The molecule has 1 atom stereocenters. The lowest BCUT2D eigenvalue weighted by atomic mass is 10.1. The normalized spacial score (nSPS) is 13.0. The number of alkyl carbamates (subject to hydrolysis) is 2. The summed E-state index contributed by atoms with van der Waals surface area (Å²) in [5.41, 5.74) is 0.0682. The van der Waals surface area contributed by atoms with Gasteiger partial charge in [0.05, 0.1) is 0 Å². The van der Waals surface area contributed by atoms with Crippen molar-refractivity contribution in [2.24, 2.45) is 0 Å². The van der Waals surface area contributed by atoms with Crippen molar-refractivity contribution in [3.05, 3.63) is 23.8 Å². The van der Waals surface area contributed by atoms with Crippen LogP contribution in [-0.4, -0.2) is 67.2 Å². The van der Waals surface area contributed by atoms with Gasteiger partial charge in [0.1, 0.15) is 17.7 Å². The Morgan fingerprint density at radius 2 is 1.54 bits per heavy atom. The molecule has 2 rings (SSSR count). The van der Waals surface area contributed by atoms with E-state index < -0.39 is 17.3 Å². The van der Waals surface area contributed by atoms with Gasteiger partial charge in [0.25, 0.3) is 0 Å². The Morgan fingerprint density at radius 3 is 2.11 bits per heavy atom. The molecule has 0 radical (unpaired) electrons. The molecule has 1 aromatic rings. The van der Waals surface area contributed by atoms with Crippen LogP contribution >= 0.6 is 0 Å². The maximum absolute atomic E-state index is 12.2. The number of unbranched alkanes of at least 4 members (excludes halogenated alkanes) is 1. The average Bonchev–Trinajstić information content (AvgIpc) is 3.23. The Balaban J connectivity index is 0.000000482. The van der Waals surface area contributed by atoms with E-state index in [4.69, 9.17) is 18.9 Å². The number of hydrogen-bond donors (Lipinski definition) is 2. The molecule has 3 amide bonds. The quantitative estimate of drug-likeness (QED) is 0.477. The topological polar surface area (TPSA) is 115 Å². The van der Waals surface area contributed by atoms with Crippen LogP contribution in [0.2, 0.25) is 0 Å². The molecule has 10 nitrogen and oxygen atoms in total. The fourth-order valence-electron chi connectivity index (χ4n) is 3.06. The summed E-state index contributed by atoms with van der Waals surface area (Å²) in [6.45, 7) is 15.7. The first-order valence-electron chi connectivity index (χ1n) is 12.7. The molecule has 1 aliphatic heterocycles. The number of ether oxygens (including phenoxy) is 4. The fourth-order valence-corrected chi connectivity index (χ4v) is 3.06. The predicted octanol–water partition coefficient (Wildman–Crippen LogP) is 4.64. The van der Waals surface area contributed by atoms with E-state index in [1.165, 1.54) is 0 Å². The van der Waals surface area contributed by atoms with Crippen LogP contribution in [0.1, 0.15) is 73.8 Å². The number of nitrogens with one attached hydrogen (secondary N) is 2. The van der Waals surface area contributed by atoms with E-state index in [9.17, 15) is 14.4 Å². The minimum Gasteiger partial charge on any atom is -0.454 e. The molecular formula is C27H45N3O7. The van der Waals surface area contributed by atoms with Crippen LogP contribution in [0.5, 0.6) is 11.5 Å². The molecule has 1 heterocycles. The Labute approximate surface area is 221 Å². The lowest BCUT2D eigenvalue weighted by Crippen LogP contribution is -2.44. The fraction of sp³-hybridized carbons (Fsp3) is 0.667. The highest BCUT2D eigenvalue weighted by Crippen LogP contribution is 2.32. The number of hydrogen-bond acceptors (Lipinski definition) is 7. The number of nitrogens with zero attached hydrogens (tertiary/aromatic N) is 1. The number of fused-ring (bicyclic) bond motifs is 1. The van der Waals surface area contributed by atoms with Gasteiger partial charge >= 0.3 is 12.2 Å². The predicted molar refractivity (Wildman–Crippen MR) is 142 cm³/mol. The average molecular weight is 524 g/mol. The summed E-state index contributed by atoms with van der Waals surface area (Å²) in [4.78, 5) is 36.5. The van der Waals surface area contributed by atoms with Crippen molar-refractivity contribution in [2.75, 3.05) is 26.9 Å². The first-order chi connectivity index (χ1) is 17.1. The second kappa shape index (κ2) is 14.5. The van der Waals surface area contributed by atoms with Gasteiger partial charge in [0, 0.05) is 19.6 Å². The van der Waals surface area contributed by atoms with Crippen molar-refractivity contribution in [2.45, 2.75) is 91.9 Å². The Bertz CT molecular complexity index is 891. The van der Waals surface area contributed by atoms with E-state index >= 15 is 0 Å². The second-order valence-corrected chi connectivity index (χ2v) is 10.9. The summed E-state index contributed by atoms with van der Waals surface area (Å²) < 4.78 is 20.8. The maximum atomic E-state index is 12.2. The Kier molecular flexibility index (Phi) is 12.5. The summed E-state index contributed by atoms with van der Waals surface area (Å²) in [6.07, 6.45) is 1.83. The van der Waals surface area contributed by atoms with E-state index in [2.05, 4.69) is 17.6 Å². The first kappa shape index (κ1) is 31.9. The van der Waals surface area contributed by atoms with Gasteiger partial charge in [-0.1, -0.05) is 19.4 Å². The Hall–Kier alpha value is -3.17. The maximum Gasteiger partial charge on any atom is 0.408 e. The third-order valence-corrected chi connectivity index (χ3v) is 5.00. The van der Waals surface area contributed by atoms with Gasteiger partial charge in [-0.2, -0.15) is 0 Å². The highest BCUT2D eigenvalue weighted by Gasteiger charge is 2.21. The molecule has 0 bridgehead atoms. The van der Waals surface area contributed by atoms with Gasteiger partial charge < -0.3 is 34.5 Å². The number of likely N-dealkylation sites (N-methyl/N-ethyl adjacent to an activating group) is 1. The SMILES string of the molecule is CC(Cc1ccc2c(c1)OCO2)N(C)C(=O)CNC(=O)OC(C)(C)C.CCCCNC(=O)OC(C)(C)C. The molecule has 0 saturated heterocycles. The molecule has 0 saturated carbocycles. The van der Waals surface area contributed by atoms with E-state index in [0.717, 1.165) is 29.9 Å². The van der Waals surface area contributed by atoms with Crippen molar-refractivity contribution in [1.29, 1.82) is 0 Å². The van der Waals surface area contributed by atoms with E-state index in [0.29, 0.717) is 13.0 Å². The molecule has 210 valence electrons. The second-order valence-electron chi connectivity index (χ2n) is 10.9. The zero-order chi connectivity index (χ0) is 28.2. The van der Waals surface area contributed by atoms with Gasteiger partial charge in [-0.3, -0.25) is 4.79 Å². The summed E-state index contributed by atoms with van der Waals surface area (Å²) in [7, 11) is 1.72. The smallest absolute Gasteiger partial charge is 0.408 e. The summed E-state index contributed by atoms with van der Waals surface area (Å²) >= 11 is 0. The van der Waals surface area contributed by atoms with Crippen molar-refractivity contribution < 1.29 is 33.3 Å². The lowest BCUT2D eigenvalue weighted by molar-refractivity contribution is -0.130. The first-order valence-corrected chi connectivity index (χ1v) is 12.7. The monoisotopic (exact) mass is 523 g/mol. The van der Waals surface area contributed by atoms with E-state index in [1.807, 2.05) is 45.9 Å². The molecule has 37 heavy (non-hydrogen) atoms. The molecule has 0 fully saturated rings.